The van der Waals surface area contributed by atoms with Crippen molar-refractivity contribution in [3.05, 3.63) is 23.3 Å². The van der Waals surface area contributed by atoms with E-state index in [9.17, 15) is 15.0 Å². The van der Waals surface area contributed by atoms with Crippen molar-refractivity contribution < 1.29 is 15.0 Å². The third-order valence-electron chi connectivity index (χ3n) is 7.57. The highest BCUT2D eigenvalue weighted by atomic mass is 16.4. The lowest BCUT2D eigenvalue weighted by Gasteiger charge is -2.48. The number of carboxylic acids is 1. The fourth-order valence-electron chi connectivity index (χ4n) is 5.54. The van der Waals surface area contributed by atoms with Gasteiger partial charge in [-0.1, -0.05) is 144 Å². The fraction of sp³-hybridized carbons (Fsp3) is 0.839. The van der Waals surface area contributed by atoms with Crippen LogP contribution in [0, 0.1) is 16.7 Å². The predicted octanol–water partition coefficient (Wildman–Crippen LogP) is 9.25. The fourth-order valence-corrected chi connectivity index (χ4v) is 5.54. The van der Waals surface area contributed by atoms with Crippen LogP contribution in [-0.4, -0.2) is 21.8 Å². The molecule has 0 aromatic rings. The lowest BCUT2D eigenvalue weighted by atomic mass is 9.59. The second-order valence-electron chi connectivity index (χ2n) is 12.7. The smallest absolute Gasteiger partial charge is 0.314 e. The minimum Gasteiger partial charge on any atom is -0.481 e. The Morgan fingerprint density at radius 3 is 1.56 bits per heavy atom. The molecule has 2 atom stereocenters. The van der Waals surface area contributed by atoms with Crippen molar-refractivity contribution in [3.63, 3.8) is 0 Å². The first kappa shape index (κ1) is 30.9. The molecular formula is C31H56O3. The molecule has 0 fully saturated rings. The van der Waals surface area contributed by atoms with Gasteiger partial charge in [-0.2, -0.15) is 0 Å². The number of aliphatic carboxylic acids is 1. The van der Waals surface area contributed by atoms with E-state index in [2.05, 4.69) is 27.7 Å². The summed E-state index contributed by atoms with van der Waals surface area (Å²) in [6.45, 7) is 14.7. The van der Waals surface area contributed by atoms with Gasteiger partial charge >= 0.3 is 5.97 Å². The molecule has 3 heteroatoms. The molecule has 1 rings (SSSR count). The Morgan fingerprint density at radius 1 is 0.794 bits per heavy atom. The molecule has 0 aromatic heterocycles. The van der Waals surface area contributed by atoms with Gasteiger partial charge in [0, 0.05) is 0 Å². The van der Waals surface area contributed by atoms with Gasteiger partial charge in [0.2, 0.25) is 0 Å². The molecule has 0 amide bonds. The van der Waals surface area contributed by atoms with Crippen molar-refractivity contribution in [1.82, 2.24) is 0 Å². The first-order valence-corrected chi connectivity index (χ1v) is 14.2. The van der Waals surface area contributed by atoms with Gasteiger partial charge in [0.1, 0.15) is 5.60 Å². The molecule has 0 radical (unpaired) electrons. The summed E-state index contributed by atoms with van der Waals surface area (Å²) in [7, 11) is 0. The van der Waals surface area contributed by atoms with Crippen LogP contribution in [0.3, 0.4) is 0 Å². The maximum Gasteiger partial charge on any atom is 0.314 e. The van der Waals surface area contributed by atoms with E-state index in [4.69, 9.17) is 0 Å². The molecule has 0 saturated carbocycles. The minimum absolute atomic E-state index is 0.300. The molecule has 0 aliphatic heterocycles. The second kappa shape index (κ2) is 14.5. The van der Waals surface area contributed by atoms with Gasteiger partial charge in [-0.25, -0.2) is 0 Å². The van der Waals surface area contributed by atoms with Crippen LogP contribution in [0.2, 0.25) is 0 Å². The Morgan fingerprint density at radius 2 is 1.21 bits per heavy atom. The van der Waals surface area contributed by atoms with Crippen LogP contribution < -0.4 is 0 Å². The summed E-state index contributed by atoms with van der Waals surface area (Å²) in [5.74, 6) is -1.44. The van der Waals surface area contributed by atoms with Crippen LogP contribution in [0.4, 0.5) is 0 Å². The summed E-state index contributed by atoms with van der Waals surface area (Å²) in [6.07, 6.45) is 22.6. The van der Waals surface area contributed by atoms with Gasteiger partial charge in [0.25, 0.3) is 0 Å². The normalized spacial score (nSPS) is 21.4. The highest BCUT2D eigenvalue weighted by molar-refractivity contribution is 5.77. The summed E-state index contributed by atoms with van der Waals surface area (Å²) in [4.78, 5) is 12.1. The van der Waals surface area contributed by atoms with Crippen molar-refractivity contribution in [2.75, 3.05) is 0 Å². The lowest BCUT2D eigenvalue weighted by molar-refractivity contribution is -0.139. The Hall–Kier alpha value is -1.09. The first-order chi connectivity index (χ1) is 15.9. The van der Waals surface area contributed by atoms with Crippen molar-refractivity contribution in [1.29, 1.82) is 0 Å². The number of hydrogen-bond acceptors (Lipinski definition) is 2. The third-order valence-corrected chi connectivity index (χ3v) is 7.57. The Labute approximate surface area is 211 Å². The molecular weight excluding hydrogens is 420 g/mol. The van der Waals surface area contributed by atoms with Crippen molar-refractivity contribution in [3.8, 4) is 0 Å². The Kier molecular flexibility index (Phi) is 13.2. The zero-order valence-corrected chi connectivity index (χ0v) is 23.6. The van der Waals surface area contributed by atoms with Gasteiger partial charge in [-0.15, -0.1) is 0 Å². The number of hydrogen-bond donors (Lipinski definition) is 2. The number of unbranched alkanes of at least 4 members (excludes halogenated alkanes) is 13. The maximum atomic E-state index is 12.1. The SMILES string of the molecule is CCCCCCCCCCCCCCCCC1=C(C(C)(C)C)C(O)(C(C)(C)C)C=CC1C(=O)O. The summed E-state index contributed by atoms with van der Waals surface area (Å²) < 4.78 is 0. The summed E-state index contributed by atoms with van der Waals surface area (Å²) in [5.41, 5.74) is 0.0148. The molecule has 1 aliphatic carbocycles. The van der Waals surface area contributed by atoms with E-state index < -0.39 is 22.9 Å². The molecule has 0 heterocycles. The Balaban J connectivity index is 2.53. The third kappa shape index (κ3) is 9.51. The molecule has 0 spiro atoms. The van der Waals surface area contributed by atoms with Gasteiger partial charge in [0.05, 0.1) is 5.92 Å². The minimum atomic E-state index is -1.12. The van der Waals surface area contributed by atoms with E-state index in [0.29, 0.717) is 0 Å². The van der Waals surface area contributed by atoms with E-state index in [1.807, 2.05) is 20.8 Å². The van der Waals surface area contributed by atoms with Crippen LogP contribution in [0.5, 0.6) is 0 Å². The van der Waals surface area contributed by atoms with Gasteiger partial charge in [0.15, 0.2) is 0 Å². The van der Waals surface area contributed by atoms with Crippen LogP contribution in [-0.2, 0) is 4.79 Å². The van der Waals surface area contributed by atoms with E-state index in [1.54, 1.807) is 12.2 Å². The van der Waals surface area contributed by atoms with Crippen LogP contribution in [0.15, 0.2) is 23.3 Å². The van der Waals surface area contributed by atoms with Gasteiger partial charge < -0.3 is 10.2 Å². The first-order valence-electron chi connectivity index (χ1n) is 14.2. The van der Waals surface area contributed by atoms with E-state index in [-0.39, 0.29) is 5.41 Å². The average molecular weight is 477 g/mol. The predicted molar refractivity (Wildman–Crippen MR) is 146 cm³/mol. The maximum absolute atomic E-state index is 12.1. The van der Waals surface area contributed by atoms with Crippen LogP contribution in [0.1, 0.15) is 145 Å². The molecule has 2 unspecified atom stereocenters. The monoisotopic (exact) mass is 476 g/mol. The van der Waals surface area contributed by atoms with Crippen molar-refractivity contribution in [2.24, 2.45) is 16.7 Å². The molecule has 198 valence electrons. The van der Waals surface area contributed by atoms with Crippen LogP contribution in [0.25, 0.3) is 0 Å². The standard InChI is InChI=1S/C31H56O3/c1-8-9-10-11-12-13-14-15-16-17-18-19-20-21-22-25-26(28(32)33)23-24-31(34,30(5,6)7)27(25)29(2,3)4/h23-24,26,34H,8-22H2,1-7H3,(H,32,33). The quantitative estimate of drug-likeness (QED) is 0.172. The largest absolute Gasteiger partial charge is 0.481 e. The summed E-state index contributed by atoms with van der Waals surface area (Å²) in [5, 5.41) is 21.7. The number of carbonyl (C=O) groups is 1. The summed E-state index contributed by atoms with van der Waals surface area (Å²) in [6, 6.07) is 0. The number of aliphatic hydroxyl groups is 1. The second-order valence-corrected chi connectivity index (χ2v) is 12.7. The van der Waals surface area contributed by atoms with Crippen molar-refractivity contribution >= 4 is 5.97 Å². The van der Waals surface area contributed by atoms with Crippen molar-refractivity contribution in [2.45, 2.75) is 150 Å². The molecule has 0 bridgehead atoms. The number of rotatable bonds is 16. The van der Waals surface area contributed by atoms with Gasteiger partial charge in [-0.3, -0.25) is 4.79 Å². The van der Waals surface area contributed by atoms with E-state index in [1.165, 1.54) is 77.0 Å². The van der Waals surface area contributed by atoms with E-state index in [0.717, 1.165) is 30.4 Å². The summed E-state index contributed by atoms with van der Waals surface area (Å²) >= 11 is 0. The molecule has 0 aromatic carbocycles. The molecule has 34 heavy (non-hydrogen) atoms. The zero-order chi connectivity index (χ0) is 25.8. The Bertz CT molecular complexity index is 659. The molecule has 3 nitrogen and oxygen atoms in total. The average Bonchev–Trinajstić information content (AvgIpc) is 2.72. The topological polar surface area (TPSA) is 57.5 Å². The highest BCUT2D eigenvalue weighted by Gasteiger charge is 2.49. The lowest BCUT2D eigenvalue weighted by Crippen LogP contribution is -2.49. The van der Waals surface area contributed by atoms with Crippen LogP contribution >= 0.6 is 0 Å². The van der Waals surface area contributed by atoms with E-state index >= 15 is 0 Å². The molecule has 1 aliphatic rings. The molecule has 0 saturated heterocycles. The molecule has 2 N–H and O–H groups in total. The zero-order valence-electron chi connectivity index (χ0n) is 23.6. The highest BCUT2D eigenvalue weighted by Crippen LogP contribution is 2.51. The van der Waals surface area contributed by atoms with Gasteiger partial charge in [-0.05, 0) is 34.8 Å². The number of carboxylic acid groups (broad SMARTS) is 1.